The molecule has 2 heteroatoms. The quantitative estimate of drug-likeness (QED) is 0.777. The van der Waals surface area contributed by atoms with Crippen molar-refractivity contribution in [3.8, 4) is 0 Å². The second kappa shape index (κ2) is 5.50. The Labute approximate surface area is 101 Å². The van der Waals surface area contributed by atoms with Crippen LogP contribution in [0, 0.1) is 5.92 Å². The molecule has 1 atom stereocenters. The zero-order valence-corrected chi connectivity index (χ0v) is 11.7. The van der Waals surface area contributed by atoms with Crippen molar-refractivity contribution < 1.29 is 4.74 Å². The van der Waals surface area contributed by atoms with E-state index in [4.69, 9.17) is 4.74 Å². The molecule has 0 spiro atoms. The van der Waals surface area contributed by atoms with Crippen molar-refractivity contribution in [3.05, 3.63) is 0 Å². The largest absolute Gasteiger partial charge is 0.366 e. The lowest BCUT2D eigenvalue weighted by Gasteiger charge is -2.47. The second-order valence-electron chi connectivity index (χ2n) is 5.98. The van der Waals surface area contributed by atoms with Crippen molar-refractivity contribution in [2.45, 2.75) is 71.5 Å². The van der Waals surface area contributed by atoms with E-state index in [1.807, 2.05) is 0 Å². The van der Waals surface area contributed by atoms with Crippen LogP contribution >= 0.6 is 0 Å². The monoisotopic (exact) mass is 227 g/mol. The SMILES string of the molecule is CCC1(CC)CNCC(C)(CCC(C)C)O1. The van der Waals surface area contributed by atoms with Crippen molar-refractivity contribution in [2.75, 3.05) is 13.1 Å². The number of rotatable bonds is 5. The summed E-state index contributed by atoms with van der Waals surface area (Å²) in [5, 5.41) is 3.57. The van der Waals surface area contributed by atoms with E-state index < -0.39 is 0 Å². The molecule has 0 radical (unpaired) electrons. The molecule has 1 aliphatic heterocycles. The number of hydrogen-bond donors (Lipinski definition) is 1. The van der Waals surface area contributed by atoms with Gasteiger partial charge in [0, 0.05) is 13.1 Å². The highest BCUT2D eigenvalue weighted by Gasteiger charge is 2.40. The van der Waals surface area contributed by atoms with E-state index in [-0.39, 0.29) is 11.2 Å². The lowest BCUT2D eigenvalue weighted by Crippen LogP contribution is -2.58. The molecule has 1 aliphatic rings. The smallest absolute Gasteiger partial charge is 0.0809 e. The van der Waals surface area contributed by atoms with Crippen LogP contribution in [0.5, 0.6) is 0 Å². The van der Waals surface area contributed by atoms with Crippen molar-refractivity contribution >= 4 is 0 Å². The zero-order valence-electron chi connectivity index (χ0n) is 11.7. The van der Waals surface area contributed by atoms with E-state index in [9.17, 15) is 0 Å². The summed E-state index contributed by atoms with van der Waals surface area (Å²) in [6.45, 7) is 13.3. The number of nitrogens with one attached hydrogen (secondary N) is 1. The van der Waals surface area contributed by atoms with Gasteiger partial charge in [0.15, 0.2) is 0 Å². The molecule has 0 aromatic carbocycles. The standard InChI is InChI=1S/C14H29NO/c1-6-14(7-2)11-15-10-13(5,16-14)9-8-12(3)4/h12,15H,6-11H2,1-5H3. The molecular formula is C14H29NO. The van der Waals surface area contributed by atoms with Gasteiger partial charge in [-0.15, -0.1) is 0 Å². The summed E-state index contributed by atoms with van der Waals surface area (Å²) in [6.07, 6.45) is 4.63. The minimum Gasteiger partial charge on any atom is -0.366 e. The average molecular weight is 227 g/mol. The number of hydrogen-bond acceptors (Lipinski definition) is 2. The lowest BCUT2D eigenvalue weighted by molar-refractivity contribution is -0.177. The van der Waals surface area contributed by atoms with E-state index in [1.54, 1.807) is 0 Å². The Balaban J connectivity index is 2.60. The normalized spacial score (nSPS) is 29.6. The highest BCUT2D eigenvalue weighted by atomic mass is 16.5. The number of ether oxygens (including phenoxy) is 1. The first-order valence-corrected chi connectivity index (χ1v) is 6.86. The third-order valence-electron chi connectivity index (χ3n) is 3.95. The highest BCUT2D eigenvalue weighted by molar-refractivity contribution is 4.93. The van der Waals surface area contributed by atoms with Crippen molar-refractivity contribution in [1.82, 2.24) is 5.32 Å². The summed E-state index contributed by atoms with van der Waals surface area (Å²) < 4.78 is 6.45. The highest BCUT2D eigenvalue weighted by Crippen LogP contribution is 2.33. The van der Waals surface area contributed by atoms with Crippen LogP contribution in [0.25, 0.3) is 0 Å². The van der Waals surface area contributed by atoms with Gasteiger partial charge in [-0.3, -0.25) is 0 Å². The lowest BCUT2D eigenvalue weighted by atomic mass is 9.88. The predicted octanol–water partition coefficient (Wildman–Crippen LogP) is 3.36. The predicted molar refractivity (Wildman–Crippen MR) is 69.7 cm³/mol. The van der Waals surface area contributed by atoms with E-state index in [0.717, 1.165) is 31.8 Å². The maximum Gasteiger partial charge on any atom is 0.0809 e. The fourth-order valence-corrected chi connectivity index (χ4v) is 2.53. The van der Waals surface area contributed by atoms with E-state index >= 15 is 0 Å². The molecule has 1 saturated heterocycles. The van der Waals surface area contributed by atoms with Gasteiger partial charge in [0.1, 0.15) is 0 Å². The molecule has 0 aromatic heterocycles. The molecule has 0 saturated carbocycles. The van der Waals surface area contributed by atoms with Crippen LogP contribution in [0.3, 0.4) is 0 Å². The van der Waals surface area contributed by atoms with Gasteiger partial charge in [0.2, 0.25) is 0 Å². The maximum atomic E-state index is 6.45. The fraction of sp³-hybridized carbons (Fsp3) is 1.00. The van der Waals surface area contributed by atoms with Gasteiger partial charge in [0.25, 0.3) is 0 Å². The van der Waals surface area contributed by atoms with Gasteiger partial charge in [-0.05, 0) is 38.5 Å². The van der Waals surface area contributed by atoms with Crippen molar-refractivity contribution in [1.29, 1.82) is 0 Å². The first-order chi connectivity index (χ1) is 7.45. The van der Waals surface area contributed by atoms with Crippen molar-refractivity contribution in [2.24, 2.45) is 5.92 Å². The van der Waals surface area contributed by atoms with Gasteiger partial charge in [0.05, 0.1) is 11.2 Å². The van der Waals surface area contributed by atoms with Crippen LogP contribution < -0.4 is 5.32 Å². The second-order valence-corrected chi connectivity index (χ2v) is 5.98. The minimum atomic E-state index is 0.0362. The summed E-state index contributed by atoms with van der Waals surface area (Å²) >= 11 is 0. The molecule has 0 aromatic rings. The summed E-state index contributed by atoms with van der Waals surface area (Å²) in [7, 11) is 0. The van der Waals surface area contributed by atoms with E-state index in [0.29, 0.717) is 0 Å². The Morgan fingerprint density at radius 2 is 1.81 bits per heavy atom. The third-order valence-corrected chi connectivity index (χ3v) is 3.95. The van der Waals surface area contributed by atoms with Gasteiger partial charge in [-0.2, -0.15) is 0 Å². The molecule has 2 nitrogen and oxygen atoms in total. The molecule has 96 valence electrons. The molecule has 1 rings (SSSR count). The molecule has 0 bridgehead atoms. The summed E-state index contributed by atoms with van der Waals surface area (Å²) in [4.78, 5) is 0. The average Bonchev–Trinajstić information content (AvgIpc) is 2.26. The van der Waals surface area contributed by atoms with Crippen LogP contribution in [0.15, 0.2) is 0 Å². The Hall–Kier alpha value is -0.0800. The Bertz CT molecular complexity index is 211. The minimum absolute atomic E-state index is 0.0362. The van der Waals surface area contributed by atoms with Gasteiger partial charge < -0.3 is 10.1 Å². The molecule has 0 amide bonds. The topological polar surface area (TPSA) is 21.3 Å². The fourth-order valence-electron chi connectivity index (χ4n) is 2.53. The van der Waals surface area contributed by atoms with Crippen LogP contribution in [0.1, 0.15) is 60.3 Å². The van der Waals surface area contributed by atoms with E-state index in [1.165, 1.54) is 12.8 Å². The van der Waals surface area contributed by atoms with Crippen molar-refractivity contribution in [3.63, 3.8) is 0 Å². The number of morpholine rings is 1. The van der Waals surface area contributed by atoms with Crippen LogP contribution in [0.4, 0.5) is 0 Å². The summed E-state index contributed by atoms with van der Waals surface area (Å²) in [6, 6.07) is 0. The maximum absolute atomic E-state index is 6.45. The molecule has 1 heterocycles. The van der Waals surface area contributed by atoms with E-state index in [2.05, 4.69) is 39.9 Å². The first kappa shape index (κ1) is 14.0. The Kier molecular flexibility index (Phi) is 4.81. The summed E-state index contributed by atoms with van der Waals surface area (Å²) in [5.74, 6) is 0.764. The molecule has 16 heavy (non-hydrogen) atoms. The van der Waals surface area contributed by atoms with Gasteiger partial charge in [-0.1, -0.05) is 27.7 Å². The molecule has 1 N–H and O–H groups in total. The summed E-state index contributed by atoms with van der Waals surface area (Å²) in [5.41, 5.74) is 0.110. The zero-order chi connectivity index (χ0) is 12.2. The molecular weight excluding hydrogens is 198 g/mol. The Morgan fingerprint density at radius 1 is 1.19 bits per heavy atom. The third kappa shape index (κ3) is 3.46. The van der Waals surface area contributed by atoms with Crippen LogP contribution in [-0.4, -0.2) is 24.3 Å². The molecule has 1 unspecified atom stereocenters. The van der Waals surface area contributed by atoms with Crippen LogP contribution in [0.2, 0.25) is 0 Å². The Morgan fingerprint density at radius 3 is 2.31 bits per heavy atom. The van der Waals surface area contributed by atoms with Gasteiger partial charge >= 0.3 is 0 Å². The van der Waals surface area contributed by atoms with Crippen LogP contribution in [-0.2, 0) is 4.74 Å². The molecule has 1 fully saturated rings. The van der Waals surface area contributed by atoms with Gasteiger partial charge in [-0.25, -0.2) is 0 Å². The molecule has 0 aliphatic carbocycles. The first-order valence-electron chi connectivity index (χ1n) is 6.86.